The van der Waals surface area contributed by atoms with Crippen LogP contribution in [0.2, 0.25) is 0 Å². The minimum atomic E-state index is -1.00. The van der Waals surface area contributed by atoms with E-state index in [-0.39, 0.29) is 18.8 Å². The van der Waals surface area contributed by atoms with Crippen LogP contribution in [0.1, 0.15) is 21.5 Å². The number of esters is 1. The molecule has 7 heteroatoms. The number of benzene rings is 3. The Kier molecular flexibility index (Phi) is 8.57. The van der Waals surface area contributed by atoms with Crippen molar-refractivity contribution in [1.29, 1.82) is 0 Å². The summed E-state index contributed by atoms with van der Waals surface area (Å²) < 4.78 is 11.3. The highest BCUT2D eigenvalue weighted by atomic mass is 79.9. The van der Waals surface area contributed by atoms with Crippen LogP contribution in [0.3, 0.4) is 0 Å². The Balaban J connectivity index is 1.60. The summed E-state index contributed by atoms with van der Waals surface area (Å²) in [6.45, 7) is -0.353. The lowest BCUT2D eigenvalue weighted by molar-refractivity contribution is -0.144. The topological polar surface area (TPSA) is 81.7 Å². The summed E-state index contributed by atoms with van der Waals surface area (Å²) in [6.07, 6.45) is -0.543. The molecular weight excluding hydrogens is 474 g/mol. The van der Waals surface area contributed by atoms with E-state index in [0.29, 0.717) is 5.56 Å². The molecule has 0 aliphatic heterocycles. The number of carbonyl (C=O) groups is 3. The maximum Gasteiger partial charge on any atom is 0.408 e. The van der Waals surface area contributed by atoms with Gasteiger partial charge in [-0.15, -0.1) is 0 Å². The third-order valence-corrected chi connectivity index (χ3v) is 5.11. The van der Waals surface area contributed by atoms with Crippen molar-refractivity contribution in [3.05, 3.63) is 106 Å². The molecule has 1 N–H and O–H groups in total. The van der Waals surface area contributed by atoms with E-state index in [1.807, 2.05) is 60.7 Å². The highest BCUT2D eigenvalue weighted by Gasteiger charge is 2.24. The molecule has 0 aromatic heterocycles. The van der Waals surface area contributed by atoms with Gasteiger partial charge in [-0.3, -0.25) is 4.79 Å². The van der Waals surface area contributed by atoms with Crippen molar-refractivity contribution in [2.75, 3.05) is 6.61 Å². The highest BCUT2D eigenvalue weighted by molar-refractivity contribution is 9.10. The predicted octanol–water partition coefficient (Wildman–Crippen LogP) is 4.71. The number of amides is 1. The number of hydrogen-bond acceptors (Lipinski definition) is 5. The van der Waals surface area contributed by atoms with Crippen molar-refractivity contribution in [1.82, 2.24) is 5.32 Å². The van der Waals surface area contributed by atoms with E-state index in [1.54, 1.807) is 24.3 Å². The van der Waals surface area contributed by atoms with Crippen molar-refractivity contribution in [2.45, 2.75) is 19.1 Å². The van der Waals surface area contributed by atoms with Gasteiger partial charge in [0, 0.05) is 16.5 Å². The van der Waals surface area contributed by atoms with Gasteiger partial charge < -0.3 is 14.8 Å². The maximum atomic E-state index is 12.7. The monoisotopic (exact) mass is 495 g/mol. The Hall–Kier alpha value is -3.45. The third kappa shape index (κ3) is 7.35. The van der Waals surface area contributed by atoms with Gasteiger partial charge in [0.15, 0.2) is 12.4 Å². The highest BCUT2D eigenvalue weighted by Crippen LogP contribution is 2.12. The number of alkyl carbamates (subject to hydrolysis) is 1. The first kappa shape index (κ1) is 23.2. The normalized spacial score (nSPS) is 11.3. The number of halogens is 1. The molecule has 0 unspecified atom stereocenters. The SMILES string of the molecule is O=C(N[C@@H](Cc1ccccc1)C(=O)OCC(=O)c1ccc(Br)cc1)OCc1ccccc1. The van der Waals surface area contributed by atoms with Gasteiger partial charge in [0.25, 0.3) is 0 Å². The van der Waals surface area contributed by atoms with E-state index in [1.165, 1.54) is 0 Å². The van der Waals surface area contributed by atoms with Crippen molar-refractivity contribution in [2.24, 2.45) is 0 Å². The molecule has 164 valence electrons. The molecule has 0 bridgehead atoms. The molecule has 0 aliphatic carbocycles. The number of ketones is 1. The van der Waals surface area contributed by atoms with Crippen LogP contribution in [0.5, 0.6) is 0 Å². The summed E-state index contributed by atoms with van der Waals surface area (Å²) in [4.78, 5) is 37.3. The second-order valence-corrected chi connectivity index (χ2v) is 7.90. The molecule has 3 aromatic rings. The van der Waals surface area contributed by atoms with E-state index < -0.39 is 24.7 Å². The summed E-state index contributed by atoms with van der Waals surface area (Å²) in [5.41, 5.74) is 2.08. The van der Waals surface area contributed by atoms with Crippen molar-refractivity contribution in [3.63, 3.8) is 0 Å². The summed E-state index contributed by atoms with van der Waals surface area (Å²) in [5.74, 6) is -1.05. The van der Waals surface area contributed by atoms with Crippen LogP contribution in [-0.4, -0.2) is 30.5 Å². The molecule has 0 saturated carbocycles. The fourth-order valence-corrected chi connectivity index (χ4v) is 3.17. The van der Waals surface area contributed by atoms with Gasteiger partial charge in [-0.05, 0) is 23.3 Å². The minimum Gasteiger partial charge on any atom is -0.456 e. The Bertz CT molecular complexity index is 1040. The largest absolute Gasteiger partial charge is 0.456 e. The summed E-state index contributed by atoms with van der Waals surface area (Å²) in [5, 5.41) is 2.55. The van der Waals surface area contributed by atoms with Crippen LogP contribution in [0.25, 0.3) is 0 Å². The van der Waals surface area contributed by atoms with Gasteiger partial charge in [0.1, 0.15) is 12.6 Å². The zero-order valence-corrected chi connectivity index (χ0v) is 18.8. The van der Waals surface area contributed by atoms with E-state index >= 15 is 0 Å². The molecule has 1 amide bonds. The predicted molar refractivity (Wildman–Crippen MR) is 123 cm³/mol. The molecule has 0 fully saturated rings. The fraction of sp³-hybridized carbons (Fsp3) is 0.160. The second kappa shape index (κ2) is 11.8. The standard InChI is InChI=1S/C25H22BrNO5/c26-21-13-11-20(12-14-21)23(28)17-31-24(29)22(15-18-7-3-1-4-8-18)27-25(30)32-16-19-9-5-2-6-10-19/h1-14,22H,15-17H2,(H,27,30)/t22-/m0/s1. The lowest BCUT2D eigenvalue weighted by atomic mass is 10.1. The quantitative estimate of drug-likeness (QED) is 0.343. The van der Waals surface area contributed by atoms with Crippen LogP contribution in [0.4, 0.5) is 4.79 Å². The third-order valence-electron chi connectivity index (χ3n) is 4.58. The summed E-state index contributed by atoms with van der Waals surface area (Å²) >= 11 is 3.31. The minimum absolute atomic E-state index is 0.0713. The fourth-order valence-electron chi connectivity index (χ4n) is 2.91. The molecule has 0 heterocycles. The van der Waals surface area contributed by atoms with Gasteiger partial charge in [-0.1, -0.05) is 88.7 Å². The van der Waals surface area contributed by atoms with Gasteiger partial charge in [0.2, 0.25) is 0 Å². The number of ether oxygens (including phenoxy) is 2. The Morgan fingerprint density at radius 1 is 0.781 bits per heavy atom. The summed E-state index contributed by atoms with van der Waals surface area (Å²) in [6, 6.07) is 24.2. The van der Waals surface area contributed by atoms with E-state index in [9.17, 15) is 14.4 Å². The average molecular weight is 496 g/mol. The van der Waals surface area contributed by atoms with Crippen molar-refractivity contribution >= 4 is 33.8 Å². The summed E-state index contributed by atoms with van der Waals surface area (Å²) in [7, 11) is 0. The molecule has 0 spiro atoms. The maximum absolute atomic E-state index is 12.7. The smallest absolute Gasteiger partial charge is 0.408 e. The van der Waals surface area contributed by atoms with Gasteiger partial charge in [-0.25, -0.2) is 9.59 Å². The molecule has 3 aromatic carbocycles. The number of Topliss-reactive ketones (excluding diaryl/α,β-unsaturated/α-hetero) is 1. The van der Waals surface area contributed by atoms with E-state index in [4.69, 9.17) is 9.47 Å². The lowest BCUT2D eigenvalue weighted by Gasteiger charge is -2.17. The van der Waals surface area contributed by atoms with Gasteiger partial charge in [-0.2, -0.15) is 0 Å². The van der Waals surface area contributed by atoms with Gasteiger partial charge in [0.05, 0.1) is 0 Å². The second-order valence-electron chi connectivity index (χ2n) is 6.99. The van der Waals surface area contributed by atoms with E-state index in [0.717, 1.165) is 15.6 Å². The number of carbonyl (C=O) groups excluding carboxylic acids is 3. The van der Waals surface area contributed by atoms with Crippen LogP contribution >= 0.6 is 15.9 Å². The zero-order chi connectivity index (χ0) is 22.8. The van der Waals surface area contributed by atoms with Crippen LogP contribution < -0.4 is 5.32 Å². The number of hydrogen-bond donors (Lipinski definition) is 1. The Morgan fingerprint density at radius 2 is 1.38 bits per heavy atom. The first-order chi connectivity index (χ1) is 15.5. The molecule has 6 nitrogen and oxygen atoms in total. The van der Waals surface area contributed by atoms with E-state index in [2.05, 4.69) is 21.2 Å². The first-order valence-corrected chi connectivity index (χ1v) is 10.8. The molecular formula is C25H22BrNO5. The Labute approximate surface area is 194 Å². The molecule has 32 heavy (non-hydrogen) atoms. The molecule has 0 saturated heterocycles. The first-order valence-electron chi connectivity index (χ1n) is 9.98. The number of rotatable bonds is 9. The number of nitrogens with one attached hydrogen (secondary N) is 1. The Morgan fingerprint density at radius 3 is 2.00 bits per heavy atom. The van der Waals surface area contributed by atoms with Crippen molar-refractivity contribution < 1.29 is 23.9 Å². The lowest BCUT2D eigenvalue weighted by Crippen LogP contribution is -2.44. The zero-order valence-electron chi connectivity index (χ0n) is 17.2. The van der Waals surface area contributed by atoms with Gasteiger partial charge >= 0.3 is 12.1 Å². The molecule has 0 aliphatic rings. The molecule has 1 atom stereocenters. The molecule has 0 radical (unpaired) electrons. The molecule has 3 rings (SSSR count). The van der Waals surface area contributed by atoms with Crippen LogP contribution in [0.15, 0.2) is 89.4 Å². The average Bonchev–Trinajstić information content (AvgIpc) is 2.82. The van der Waals surface area contributed by atoms with Crippen LogP contribution in [-0.2, 0) is 27.3 Å². The van der Waals surface area contributed by atoms with Crippen LogP contribution in [0, 0.1) is 0 Å². The van der Waals surface area contributed by atoms with Crippen molar-refractivity contribution in [3.8, 4) is 0 Å².